The number of hydrazone groups is 1. The number of nitrogens with one attached hydrogen (secondary N) is 3. The van der Waals surface area contributed by atoms with Gasteiger partial charge in [0.1, 0.15) is 11.5 Å². The van der Waals surface area contributed by atoms with Gasteiger partial charge in [0, 0.05) is 17.5 Å². The van der Waals surface area contributed by atoms with Crippen LogP contribution in [0.3, 0.4) is 0 Å². The summed E-state index contributed by atoms with van der Waals surface area (Å²) >= 11 is 0. The summed E-state index contributed by atoms with van der Waals surface area (Å²) in [6.45, 7) is 3.54. The summed E-state index contributed by atoms with van der Waals surface area (Å²) in [6.07, 6.45) is 3.68. The smallest absolute Gasteiger partial charge is 0.305 e. The number of fused-ring (bicyclic) bond motifs is 1. The number of carbonyl (C=O) groups is 2. The number of anilines is 1. The summed E-state index contributed by atoms with van der Waals surface area (Å²) in [5.74, 6) is 0.753. The molecule has 3 N–H and O–H groups in total. The van der Waals surface area contributed by atoms with Gasteiger partial charge in [0.15, 0.2) is 5.76 Å². The fourth-order valence-electron chi connectivity index (χ4n) is 3.50. The number of hydrazine groups is 1. The predicted octanol–water partition coefficient (Wildman–Crippen LogP) is 3.72. The number of furan rings is 2. The molecule has 154 valence electrons. The maximum absolute atomic E-state index is 12.6. The molecule has 4 rings (SSSR count). The molecule has 1 aliphatic carbocycles. The Morgan fingerprint density at radius 3 is 2.57 bits per heavy atom. The normalized spacial score (nSPS) is 14.3. The third kappa shape index (κ3) is 3.84. The highest BCUT2D eigenvalue weighted by atomic mass is 16.4. The predicted molar refractivity (Wildman–Crippen MR) is 111 cm³/mol. The molecule has 2 amide bonds. The fourth-order valence-corrected chi connectivity index (χ4v) is 3.50. The van der Waals surface area contributed by atoms with Gasteiger partial charge in [-0.05, 0) is 44.9 Å². The van der Waals surface area contributed by atoms with Crippen molar-refractivity contribution in [3.05, 3.63) is 76.6 Å². The van der Waals surface area contributed by atoms with Crippen molar-refractivity contribution in [2.24, 2.45) is 5.10 Å². The second-order valence-corrected chi connectivity index (χ2v) is 7.04. The lowest BCUT2D eigenvalue weighted by Crippen LogP contribution is -2.29. The van der Waals surface area contributed by atoms with E-state index in [-0.39, 0.29) is 17.6 Å². The van der Waals surface area contributed by atoms with Gasteiger partial charge in [-0.15, -0.1) is 0 Å². The van der Waals surface area contributed by atoms with Crippen LogP contribution in [-0.2, 0) is 6.42 Å². The monoisotopic (exact) mass is 406 g/mol. The van der Waals surface area contributed by atoms with Crippen molar-refractivity contribution >= 4 is 23.2 Å². The molecule has 8 nitrogen and oxygen atoms in total. The minimum atomic E-state index is -0.372. The van der Waals surface area contributed by atoms with E-state index >= 15 is 0 Å². The van der Waals surface area contributed by atoms with Gasteiger partial charge in [-0.3, -0.25) is 20.4 Å². The molecule has 0 saturated carbocycles. The lowest BCUT2D eigenvalue weighted by Gasteiger charge is -2.13. The van der Waals surface area contributed by atoms with Crippen LogP contribution in [0, 0.1) is 13.8 Å². The molecule has 0 radical (unpaired) electrons. The van der Waals surface area contributed by atoms with Crippen molar-refractivity contribution in [1.29, 1.82) is 0 Å². The molecular weight excluding hydrogens is 384 g/mol. The van der Waals surface area contributed by atoms with Crippen LogP contribution in [0.4, 0.5) is 5.69 Å². The van der Waals surface area contributed by atoms with E-state index in [1.165, 1.54) is 6.26 Å². The summed E-state index contributed by atoms with van der Waals surface area (Å²) in [5.41, 5.74) is 11.5. The molecule has 1 aromatic carbocycles. The van der Waals surface area contributed by atoms with Crippen LogP contribution >= 0.6 is 0 Å². The Balaban J connectivity index is 1.52. The standard InChI is InChI=1S/C22H22N4O4/c1-13-19-17(24-25-21(27)16-11-12-29-14(16)2)9-6-10-18(19)30-20(13)22(28)26-23-15-7-4-3-5-8-15/h3-5,7-8,11-12,23H,6,9-10H2,1-2H3,(H,25,27)(H,26,28)/b24-17+. The summed E-state index contributed by atoms with van der Waals surface area (Å²) in [6, 6.07) is 10.9. The van der Waals surface area contributed by atoms with E-state index in [0.29, 0.717) is 41.2 Å². The minimum absolute atomic E-state index is 0.232. The zero-order chi connectivity index (χ0) is 21.1. The van der Waals surface area contributed by atoms with Crippen LogP contribution in [0.25, 0.3) is 0 Å². The number of nitrogens with zero attached hydrogens (tertiary/aromatic N) is 1. The maximum atomic E-state index is 12.6. The van der Waals surface area contributed by atoms with Crippen LogP contribution < -0.4 is 16.3 Å². The number of amides is 2. The highest BCUT2D eigenvalue weighted by Crippen LogP contribution is 2.30. The third-order valence-corrected chi connectivity index (χ3v) is 5.02. The Morgan fingerprint density at radius 2 is 1.83 bits per heavy atom. The molecule has 3 aromatic rings. The van der Waals surface area contributed by atoms with Crippen molar-refractivity contribution in [2.75, 3.05) is 5.43 Å². The molecule has 8 heteroatoms. The first-order valence-corrected chi connectivity index (χ1v) is 9.69. The Bertz CT molecular complexity index is 1110. The Kier molecular flexibility index (Phi) is 5.38. The summed E-state index contributed by atoms with van der Waals surface area (Å²) in [4.78, 5) is 25.0. The van der Waals surface area contributed by atoms with E-state index in [4.69, 9.17) is 8.83 Å². The van der Waals surface area contributed by atoms with E-state index in [9.17, 15) is 9.59 Å². The average molecular weight is 406 g/mol. The van der Waals surface area contributed by atoms with Gasteiger partial charge in [-0.2, -0.15) is 5.10 Å². The van der Waals surface area contributed by atoms with Gasteiger partial charge < -0.3 is 8.83 Å². The molecule has 0 fully saturated rings. The van der Waals surface area contributed by atoms with E-state index < -0.39 is 0 Å². The number of hydrogen-bond donors (Lipinski definition) is 3. The van der Waals surface area contributed by atoms with Gasteiger partial charge in [0.2, 0.25) is 0 Å². The highest BCUT2D eigenvalue weighted by molar-refractivity contribution is 6.07. The lowest BCUT2D eigenvalue weighted by molar-refractivity contribution is 0.0930. The van der Waals surface area contributed by atoms with E-state index in [2.05, 4.69) is 21.4 Å². The van der Waals surface area contributed by atoms with E-state index in [1.54, 1.807) is 13.0 Å². The van der Waals surface area contributed by atoms with Crippen molar-refractivity contribution < 1.29 is 18.4 Å². The minimum Gasteiger partial charge on any atom is -0.469 e. The quantitative estimate of drug-likeness (QED) is 0.560. The Labute approximate surface area is 173 Å². The number of aryl methyl sites for hydroxylation is 2. The first-order valence-electron chi connectivity index (χ1n) is 9.69. The van der Waals surface area contributed by atoms with Crippen LogP contribution in [-0.4, -0.2) is 17.5 Å². The van der Waals surface area contributed by atoms with Crippen LogP contribution in [0.5, 0.6) is 0 Å². The Hall–Kier alpha value is -3.81. The number of benzene rings is 1. The highest BCUT2D eigenvalue weighted by Gasteiger charge is 2.28. The number of carbonyl (C=O) groups excluding carboxylic acids is 2. The molecule has 0 spiro atoms. The van der Waals surface area contributed by atoms with Crippen molar-refractivity contribution in [1.82, 2.24) is 10.9 Å². The second kappa shape index (κ2) is 8.28. The molecule has 0 aliphatic heterocycles. The lowest BCUT2D eigenvalue weighted by atomic mass is 9.93. The van der Waals surface area contributed by atoms with Gasteiger partial charge in [0.05, 0.1) is 23.2 Å². The molecule has 1 aliphatic rings. The van der Waals surface area contributed by atoms with Gasteiger partial charge in [-0.1, -0.05) is 18.2 Å². The zero-order valence-electron chi connectivity index (χ0n) is 16.7. The number of hydrogen-bond acceptors (Lipinski definition) is 6. The first kappa shape index (κ1) is 19.5. The molecule has 0 atom stereocenters. The van der Waals surface area contributed by atoms with Gasteiger partial charge in [-0.25, -0.2) is 5.43 Å². The van der Waals surface area contributed by atoms with Gasteiger partial charge in [0.25, 0.3) is 5.91 Å². The van der Waals surface area contributed by atoms with Crippen molar-refractivity contribution in [3.63, 3.8) is 0 Å². The second-order valence-electron chi connectivity index (χ2n) is 7.04. The summed E-state index contributed by atoms with van der Waals surface area (Å²) in [7, 11) is 0. The molecule has 30 heavy (non-hydrogen) atoms. The summed E-state index contributed by atoms with van der Waals surface area (Å²) in [5, 5.41) is 4.32. The molecule has 2 aromatic heterocycles. The number of para-hydroxylation sites is 1. The largest absolute Gasteiger partial charge is 0.469 e. The first-order chi connectivity index (χ1) is 14.5. The third-order valence-electron chi connectivity index (χ3n) is 5.02. The molecular formula is C22H22N4O4. The molecule has 2 heterocycles. The summed E-state index contributed by atoms with van der Waals surface area (Å²) < 4.78 is 11.0. The Morgan fingerprint density at radius 1 is 1.03 bits per heavy atom. The van der Waals surface area contributed by atoms with Crippen LogP contribution in [0.2, 0.25) is 0 Å². The topological polar surface area (TPSA) is 109 Å². The van der Waals surface area contributed by atoms with Crippen molar-refractivity contribution in [2.45, 2.75) is 33.1 Å². The fraction of sp³-hybridized carbons (Fsp3) is 0.227. The van der Waals surface area contributed by atoms with Crippen LogP contribution in [0.1, 0.15) is 56.4 Å². The zero-order valence-corrected chi connectivity index (χ0v) is 16.7. The number of rotatable bonds is 5. The van der Waals surface area contributed by atoms with E-state index in [1.807, 2.05) is 37.3 Å². The van der Waals surface area contributed by atoms with Crippen LogP contribution in [0.15, 0.2) is 56.6 Å². The SMILES string of the molecule is Cc1occc1C(=O)N/N=C1\CCCc2oc(C(=O)NNc3ccccc3)c(C)c21. The van der Waals surface area contributed by atoms with E-state index in [0.717, 1.165) is 17.7 Å². The molecule has 0 saturated heterocycles. The van der Waals surface area contributed by atoms with Gasteiger partial charge >= 0.3 is 5.91 Å². The molecule has 0 unspecified atom stereocenters. The van der Waals surface area contributed by atoms with Crippen molar-refractivity contribution in [3.8, 4) is 0 Å². The average Bonchev–Trinajstić information content (AvgIpc) is 3.34. The molecule has 0 bridgehead atoms. The maximum Gasteiger partial charge on any atom is 0.305 e.